The van der Waals surface area contributed by atoms with E-state index in [-0.39, 0.29) is 48.3 Å². The number of pyridine rings is 1. The van der Waals surface area contributed by atoms with Crippen LogP contribution in [0.25, 0.3) is 10.9 Å². The number of fused-ring (bicyclic) bond motifs is 2. The van der Waals surface area contributed by atoms with Crippen LogP contribution in [-0.2, 0) is 11.3 Å². The number of carbonyl (C=O) groups is 2. The van der Waals surface area contributed by atoms with Crippen LogP contribution in [0.1, 0.15) is 59.6 Å². The molecule has 2 heterocycles. The highest BCUT2D eigenvalue weighted by Gasteiger charge is 2.32. The molecule has 1 saturated carbocycles. The molecule has 9 heteroatoms. The van der Waals surface area contributed by atoms with E-state index in [4.69, 9.17) is 26.2 Å². The number of ether oxygens (including phenoxy) is 2. The van der Waals surface area contributed by atoms with E-state index < -0.39 is 11.9 Å². The Kier molecular flexibility index (Phi) is 6.15. The first kappa shape index (κ1) is 23.2. The molecule has 2 aromatic carbocycles. The normalized spacial score (nSPS) is 19.1. The standard InChI is InChI=1S/C26H24ClNO7/c27-18-11-21-20(34-13-35-21)10-16(18)12-28-19-4-2-1-3-17(19)25(31)23(24(28)26(32)33)15-7-5-14(6-8-15)9-22(29)30/h1-4,10-11,14-15H,5-9,12-13H2,(H,29,30)(H,32,33). The summed E-state index contributed by atoms with van der Waals surface area (Å²) in [6, 6.07) is 10.4. The lowest BCUT2D eigenvalue weighted by molar-refractivity contribution is -0.138. The van der Waals surface area contributed by atoms with Crippen molar-refractivity contribution < 1.29 is 29.3 Å². The van der Waals surface area contributed by atoms with Crippen LogP contribution in [0.4, 0.5) is 0 Å². The van der Waals surface area contributed by atoms with Crippen LogP contribution in [0.15, 0.2) is 41.2 Å². The Bertz CT molecular complexity index is 1390. The Hall–Kier alpha value is -3.52. The maximum atomic E-state index is 13.6. The van der Waals surface area contributed by atoms with E-state index in [2.05, 4.69) is 0 Å². The molecule has 2 aliphatic rings. The molecule has 182 valence electrons. The number of nitrogens with zero attached hydrogens (tertiary/aromatic N) is 1. The summed E-state index contributed by atoms with van der Waals surface area (Å²) in [7, 11) is 0. The van der Waals surface area contributed by atoms with Crippen LogP contribution in [0.3, 0.4) is 0 Å². The number of benzene rings is 2. The van der Waals surface area contributed by atoms with Crippen LogP contribution in [0, 0.1) is 5.92 Å². The Morgan fingerprint density at radius 2 is 1.71 bits per heavy atom. The zero-order valence-corrected chi connectivity index (χ0v) is 19.6. The van der Waals surface area contributed by atoms with Crippen molar-refractivity contribution >= 4 is 34.4 Å². The van der Waals surface area contributed by atoms with Crippen molar-refractivity contribution in [2.75, 3.05) is 6.79 Å². The Morgan fingerprint density at radius 3 is 2.40 bits per heavy atom. The Balaban J connectivity index is 1.64. The quantitative estimate of drug-likeness (QED) is 0.498. The van der Waals surface area contributed by atoms with Gasteiger partial charge < -0.3 is 24.3 Å². The van der Waals surface area contributed by atoms with Crippen LogP contribution in [-0.4, -0.2) is 33.5 Å². The number of hydrogen-bond acceptors (Lipinski definition) is 5. The lowest BCUT2D eigenvalue weighted by Gasteiger charge is -2.29. The van der Waals surface area contributed by atoms with E-state index in [1.807, 2.05) is 0 Å². The fourth-order valence-corrected chi connectivity index (χ4v) is 5.56. The molecule has 1 fully saturated rings. The van der Waals surface area contributed by atoms with Gasteiger partial charge in [-0.25, -0.2) is 4.79 Å². The van der Waals surface area contributed by atoms with Crippen molar-refractivity contribution in [3.63, 3.8) is 0 Å². The smallest absolute Gasteiger partial charge is 0.352 e. The number of rotatable bonds is 6. The van der Waals surface area contributed by atoms with Crippen LogP contribution >= 0.6 is 11.6 Å². The third kappa shape index (κ3) is 4.34. The van der Waals surface area contributed by atoms with Gasteiger partial charge in [0.05, 0.1) is 12.1 Å². The summed E-state index contributed by atoms with van der Waals surface area (Å²) >= 11 is 6.51. The minimum absolute atomic E-state index is 0.0344. The predicted molar refractivity (Wildman–Crippen MR) is 129 cm³/mol. The zero-order chi connectivity index (χ0) is 24.7. The first-order valence-electron chi connectivity index (χ1n) is 11.5. The number of carboxylic acids is 2. The summed E-state index contributed by atoms with van der Waals surface area (Å²) in [5, 5.41) is 20.3. The van der Waals surface area contributed by atoms with E-state index in [1.54, 1.807) is 41.0 Å². The third-order valence-corrected chi connectivity index (χ3v) is 7.35. The molecular formula is C26H24ClNO7. The molecule has 0 unspecified atom stereocenters. The second-order valence-corrected chi connectivity index (χ2v) is 9.52. The van der Waals surface area contributed by atoms with Crippen LogP contribution in [0.2, 0.25) is 5.02 Å². The van der Waals surface area contributed by atoms with Gasteiger partial charge in [0.2, 0.25) is 6.79 Å². The van der Waals surface area contributed by atoms with E-state index >= 15 is 0 Å². The topological polar surface area (TPSA) is 115 Å². The minimum atomic E-state index is -1.19. The van der Waals surface area contributed by atoms with Gasteiger partial charge in [-0.2, -0.15) is 0 Å². The second kappa shape index (κ2) is 9.26. The fraction of sp³-hybridized carbons (Fsp3) is 0.346. The summed E-state index contributed by atoms with van der Waals surface area (Å²) in [5.41, 5.74) is 1.09. The fourth-order valence-electron chi connectivity index (χ4n) is 5.35. The van der Waals surface area contributed by atoms with Crippen molar-refractivity contribution in [3.8, 4) is 11.5 Å². The van der Waals surface area contributed by atoms with Crippen molar-refractivity contribution in [3.05, 3.63) is 68.5 Å². The van der Waals surface area contributed by atoms with Crippen molar-refractivity contribution in [2.24, 2.45) is 5.92 Å². The summed E-state index contributed by atoms with van der Waals surface area (Å²) in [5.74, 6) is -1.20. The molecule has 5 rings (SSSR count). The number of para-hydroxylation sites is 1. The zero-order valence-electron chi connectivity index (χ0n) is 18.8. The molecule has 1 aliphatic carbocycles. The van der Waals surface area contributed by atoms with Gasteiger partial charge in [-0.3, -0.25) is 9.59 Å². The van der Waals surface area contributed by atoms with Gasteiger partial charge in [0.15, 0.2) is 16.9 Å². The molecule has 8 nitrogen and oxygen atoms in total. The van der Waals surface area contributed by atoms with Gasteiger partial charge in [0, 0.05) is 28.5 Å². The maximum absolute atomic E-state index is 13.6. The molecule has 1 aromatic heterocycles. The minimum Gasteiger partial charge on any atom is -0.481 e. The molecule has 2 N–H and O–H groups in total. The molecule has 0 spiro atoms. The van der Waals surface area contributed by atoms with Gasteiger partial charge in [-0.15, -0.1) is 0 Å². The van der Waals surface area contributed by atoms with Crippen molar-refractivity contribution in [1.82, 2.24) is 4.57 Å². The largest absolute Gasteiger partial charge is 0.481 e. The third-order valence-electron chi connectivity index (χ3n) is 7.00. The monoisotopic (exact) mass is 497 g/mol. The number of aliphatic carboxylic acids is 1. The van der Waals surface area contributed by atoms with E-state index in [9.17, 15) is 19.5 Å². The number of hydrogen-bond donors (Lipinski definition) is 2. The van der Waals surface area contributed by atoms with E-state index in [1.165, 1.54) is 0 Å². The molecule has 0 saturated heterocycles. The molecule has 35 heavy (non-hydrogen) atoms. The summed E-state index contributed by atoms with van der Waals surface area (Å²) < 4.78 is 12.5. The molecule has 0 bridgehead atoms. The van der Waals surface area contributed by atoms with Gasteiger partial charge in [0.1, 0.15) is 5.69 Å². The Morgan fingerprint density at radius 1 is 1.03 bits per heavy atom. The average molecular weight is 498 g/mol. The van der Waals surface area contributed by atoms with Gasteiger partial charge in [0.25, 0.3) is 0 Å². The highest BCUT2D eigenvalue weighted by atomic mass is 35.5. The number of aromatic carboxylic acids is 1. The van der Waals surface area contributed by atoms with Crippen LogP contribution < -0.4 is 14.9 Å². The maximum Gasteiger partial charge on any atom is 0.352 e. The average Bonchev–Trinajstić information content (AvgIpc) is 3.28. The van der Waals surface area contributed by atoms with E-state index in [0.29, 0.717) is 58.7 Å². The van der Waals surface area contributed by atoms with E-state index in [0.717, 1.165) is 0 Å². The van der Waals surface area contributed by atoms with Gasteiger partial charge in [-0.05, 0) is 61.3 Å². The molecule has 3 aromatic rings. The Labute approximate surface area is 205 Å². The lowest BCUT2D eigenvalue weighted by atomic mass is 9.76. The predicted octanol–water partition coefficient (Wildman–Crippen LogP) is 4.88. The van der Waals surface area contributed by atoms with Crippen molar-refractivity contribution in [2.45, 2.75) is 44.6 Å². The second-order valence-electron chi connectivity index (χ2n) is 9.11. The summed E-state index contributed by atoms with van der Waals surface area (Å²) in [6.45, 7) is 0.213. The number of halogens is 1. The van der Waals surface area contributed by atoms with Gasteiger partial charge in [-0.1, -0.05) is 23.7 Å². The number of carboxylic acid groups (broad SMARTS) is 2. The summed E-state index contributed by atoms with van der Waals surface area (Å²) in [4.78, 5) is 37.4. The molecule has 0 amide bonds. The molecule has 0 radical (unpaired) electrons. The van der Waals surface area contributed by atoms with Gasteiger partial charge >= 0.3 is 11.9 Å². The first-order chi connectivity index (χ1) is 16.8. The number of aromatic nitrogens is 1. The highest BCUT2D eigenvalue weighted by Crippen LogP contribution is 2.40. The highest BCUT2D eigenvalue weighted by molar-refractivity contribution is 6.31. The molecule has 1 aliphatic heterocycles. The lowest BCUT2D eigenvalue weighted by Crippen LogP contribution is -2.28. The molecule has 0 atom stereocenters. The molecular weight excluding hydrogens is 474 g/mol. The SMILES string of the molecule is O=C(O)CC1CCC(c2c(C(=O)O)n(Cc3cc4c(cc3Cl)OCO4)c3ccccc3c2=O)CC1. The van der Waals surface area contributed by atoms with Crippen molar-refractivity contribution in [1.29, 1.82) is 0 Å². The summed E-state index contributed by atoms with van der Waals surface area (Å²) in [6.07, 6.45) is 2.49. The van der Waals surface area contributed by atoms with Crippen LogP contribution in [0.5, 0.6) is 11.5 Å². The first-order valence-corrected chi connectivity index (χ1v) is 11.9.